The Balaban J connectivity index is 1.48. The number of aromatic nitrogens is 2. The van der Waals surface area contributed by atoms with Crippen molar-refractivity contribution in [1.82, 2.24) is 15.0 Å². The largest absolute Gasteiger partial charge is 0.416 e. The number of nitrogens with one attached hydrogen (secondary N) is 1. The number of amides is 2. The molecule has 1 aromatic carbocycles. The van der Waals surface area contributed by atoms with Crippen LogP contribution in [0.3, 0.4) is 0 Å². The van der Waals surface area contributed by atoms with Crippen LogP contribution in [0.15, 0.2) is 28.8 Å². The van der Waals surface area contributed by atoms with Crippen molar-refractivity contribution in [3.63, 3.8) is 0 Å². The first-order chi connectivity index (χ1) is 13.7. The third-order valence-electron chi connectivity index (χ3n) is 5.65. The van der Waals surface area contributed by atoms with Crippen LogP contribution in [0.4, 0.5) is 29.6 Å². The Labute approximate surface area is 165 Å². The first-order valence-electron chi connectivity index (χ1n) is 9.48. The van der Waals surface area contributed by atoms with Crippen LogP contribution >= 0.6 is 0 Å². The van der Waals surface area contributed by atoms with Gasteiger partial charge in [0.05, 0.1) is 11.5 Å². The molecule has 1 N–H and O–H groups in total. The number of rotatable bonds is 3. The predicted octanol–water partition coefficient (Wildman–Crippen LogP) is 3.95. The van der Waals surface area contributed by atoms with Gasteiger partial charge >= 0.3 is 12.2 Å². The molecule has 2 aliphatic heterocycles. The molecule has 2 saturated heterocycles. The fraction of sp³-hybridized carbons (Fsp3) is 0.526. The summed E-state index contributed by atoms with van der Waals surface area (Å²) in [5, 5.41) is 6.68. The highest BCUT2D eigenvalue weighted by Gasteiger charge is 2.45. The highest BCUT2D eigenvalue weighted by Crippen LogP contribution is 2.44. The number of nitrogens with zero attached hydrogens (tertiary/aromatic N) is 4. The second-order valence-corrected chi connectivity index (χ2v) is 7.84. The molecule has 2 aromatic rings. The second-order valence-electron chi connectivity index (χ2n) is 7.84. The van der Waals surface area contributed by atoms with E-state index in [9.17, 15) is 18.0 Å². The topological polar surface area (TPSA) is 74.5 Å². The van der Waals surface area contributed by atoms with E-state index in [-0.39, 0.29) is 18.0 Å². The summed E-state index contributed by atoms with van der Waals surface area (Å²) in [7, 11) is 3.65. The lowest BCUT2D eigenvalue weighted by Gasteiger charge is -2.48. The standard InChI is InChI=1S/C19H22F3N5O2/c1-26(2)17-24-16(29-25-17)14-9-11-3-8-15(14)27(10-11)18(28)23-13-6-4-12(5-7-13)19(20,21)22/h4-7,11,14-15H,3,8-10H2,1-2H3,(H,23,28). The molecule has 1 aromatic heterocycles. The number of carbonyl (C=O) groups is 1. The number of hydrogen-bond donors (Lipinski definition) is 1. The molecule has 3 unspecified atom stereocenters. The molecule has 2 bridgehead atoms. The zero-order chi connectivity index (χ0) is 20.8. The van der Waals surface area contributed by atoms with E-state index in [4.69, 9.17) is 4.52 Å². The van der Waals surface area contributed by atoms with Crippen LogP contribution in [0.1, 0.15) is 36.6 Å². The zero-order valence-electron chi connectivity index (χ0n) is 16.1. The van der Waals surface area contributed by atoms with Gasteiger partial charge in [-0.3, -0.25) is 0 Å². The Bertz CT molecular complexity index is 881. The van der Waals surface area contributed by atoms with Gasteiger partial charge in [-0.1, -0.05) is 0 Å². The van der Waals surface area contributed by atoms with Gasteiger partial charge in [-0.25, -0.2) is 4.79 Å². The van der Waals surface area contributed by atoms with Gasteiger partial charge in [-0.15, -0.1) is 0 Å². The predicted molar refractivity (Wildman–Crippen MR) is 99.7 cm³/mol. The Hall–Kier alpha value is -2.78. The summed E-state index contributed by atoms with van der Waals surface area (Å²) in [5.74, 6) is 1.30. The third-order valence-corrected chi connectivity index (χ3v) is 5.65. The number of halogens is 3. The number of benzene rings is 1. The molecule has 0 spiro atoms. The summed E-state index contributed by atoms with van der Waals surface area (Å²) in [6, 6.07) is 4.05. The number of hydrogen-bond acceptors (Lipinski definition) is 5. The third kappa shape index (κ3) is 3.88. The minimum atomic E-state index is -4.41. The number of fused-ring (bicyclic) bond motifs is 3. The molecule has 0 radical (unpaired) electrons. The van der Waals surface area contributed by atoms with Crippen LogP contribution in [-0.2, 0) is 6.18 Å². The van der Waals surface area contributed by atoms with E-state index < -0.39 is 11.7 Å². The van der Waals surface area contributed by atoms with Crippen molar-refractivity contribution < 1.29 is 22.5 Å². The molecule has 29 heavy (non-hydrogen) atoms. The van der Waals surface area contributed by atoms with E-state index >= 15 is 0 Å². The maximum Gasteiger partial charge on any atom is 0.416 e. The van der Waals surface area contributed by atoms with Crippen molar-refractivity contribution >= 4 is 17.7 Å². The summed E-state index contributed by atoms with van der Waals surface area (Å²) < 4.78 is 43.6. The summed E-state index contributed by atoms with van der Waals surface area (Å²) in [6.07, 6.45) is -1.67. The number of anilines is 2. The van der Waals surface area contributed by atoms with Crippen LogP contribution in [-0.4, -0.2) is 47.8 Å². The van der Waals surface area contributed by atoms with Crippen molar-refractivity contribution in [2.24, 2.45) is 5.92 Å². The highest BCUT2D eigenvalue weighted by molar-refractivity contribution is 5.89. The van der Waals surface area contributed by atoms with Gasteiger partial charge in [-0.2, -0.15) is 18.2 Å². The normalized spacial score (nSPS) is 23.9. The zero-order valence-corrected chi connectivity index (χ0v) is 16.1. The van der Waals surface area contributed by atoms with Crippen molar-refractivity contribution in [1.29, 1.82) is 0 Å². The van der Waals surface area contributed by atoms with Crippen LogP contribution in [0.25, 0.3) is 0 Å². The Morgan fingerprint density at radius 2 is 1.97 bits per heavy atom. The average Bonchev–Trinajstić information content (AvgIpc) is 3.18. The highest BCUT2D eigenvalue weighted by atomic mass is 19.4. The number of piperidine rings is 2. The van der Waals surface area contributed by atoms with Gasteiger partial charge in [0.25, 0.3) is 5.95 Å². The van der Waals surface area contributed by atoms with Gasteiger partial charge in [-0.05, 0) is 54.6 Å². The quantitative estimate of drug-likeness (QED) is 0.831. The Morgan fingerprint density at radius 1 is 1.24 bits per heavy atom. The molecule has 2 amide bonds. The van der Waals surface area contributed by atoms with Gasteiger partial charge in [0.2, 0.25) is 5.89 Å². The molecule has 3 aliphatic rings. The first kappa shape index (κ1) is 19.5. The van der Waals surface area contributed by atoms with E-state index in [0.29, 0.717) is 30.0 Å². The van der Waals surface area contributed by atoms with Crippen LogP contribution < -0.4 is 10.2 Å². The molecule has 7 nitrogen and oxygen atoms in total. The van der Waals surface area contributed by atoms with E-state index in [2.05, 4.69) is 15.5 Å². The molecule has 3 fully saturated rings. The molecule has 1 aliphatic carbocycles. The van der Waals surface area contributed by atoms with Crippen LogP contribution in [0, 0.1) is 5.92 Å². The number of urea groups is 1. The van der Waals surface area contributed by atoms with Gasteiger partial charge < -0.3 is 19.6 Å². The van der Waals surface area contributed by atoms with E-state index in [1.165, 1.54) is 12.1 Å². The van der Waals surface area contributed by atoms with Crippen molar-refractivity contribution in [3.05, 3.63) is 35.7 Å². The fourth-order valence-corrected chi connectivity index (χ4v) is 4.19. The summed E-state index contributed by atoms with van der Waals surface area (Å²) in [5.41, 5.74) is -0.422. The average molecular weight is 409 g/mol. The van der Waals surface area contributed by atoms with Gasteiger partial charge in [0, 0.05) is 32.4 Å². The van der Waals surface area contributed by atoms with Crippen molar-refractivity contribution in [2.45, 2.75) is 37.4 Å². The van der Waals surface area contributed by atoms with E-state index in [1.54, 1.807) is 9.80 Å². The van der Waals surface area contributed by atoms with Gasteiger partial charge in [0.15, 0.2) is 0 Å². The maximum atomic E-state index is 12.8. The lowest BCUT2D eigenvalue weighted by Crippen LogP contribution is -2.55. The minimum Gasteiger partial charge on any atom is -0.344 e. The first-order valence-corrected chi connectivity index (χ1v) is 9.48. The van der Waals surface area contributed by atoms with E-state index in [0.717, 1.165) is 31.4 Å². The maximum absolute atomic E-state index is 12.8. The Kier molecular flexibility index (Phi) is 4.87. The molecule has 3 heterocycles. The molecule has 1 saturated carbocycles. The van der Waals surface area contributed by atoms with Crippen molar-refractivity contribution in [2.75, 3.05) is 30.9 Å². The molecular formula is C19H22F3N5O2. The van der Waals surface area contributed by atoms with Crippen molar-refractivity contribution in [3.8, 4) is 0 Å². The number of alkyl halides is 3. The van der Waals surface area contributed by atoms with E-state index in [1.807, 2.05) is 14.1 Å². The molecule has 5 rings (SSSR count). The smallest absolute Gasteiger partial charge is 0.344 e. The van der Waals surface area contributed by atoms with Gasteiger partial charge in [0.1, 0.15) is 0 Å². The van der Waals surface area contributed by atoms with Crippen LogP contribution in [0.5, 0.6) is 0 Å². The molecular weight excluding hydrogens is 387 g/mol. The molecule has 3 atom stereocenters. The SMILES string of the molecule is CN(C)c1noc(C2CC3CCC2N(C(=O)Nc2ccc(C(F)(F)F)cc2)C3)n1. The Morgan fingerprint density at radius 3 is 2.55 bits per heavy atom. The second kappa shape index (κ2) is 7.23. The van der Waals surface area contributed by atoms with Crippen LogP contribution in [0.2, 0.25) is 0 Å². The lowest BCUT2D eigenvalue weighted by molar-refractivity contribution is -0.137. The lowest BCUT2D eigenvalue weighted by atomic mass is 9.72. The fourth-order valence-electron chi connectivity index (χ4n) is 4.19. The monoisotopic (exact) mass is 409 g/mol. The summed E-state index contributed by atoms with van der Waals surface area (Å²) in [4.78, 5) is 20.8. The summed E-state index contributed by atoms with van der Waals surface area (Å²) in [6.45, 7) is 0.613. The summed E-state index contributed by atoms with van der Waals surface area (Å²) >= 11 is 0. The minimum absolute atomic E-state index is 0.0398. The molecule has 156 valence electrons. The molecule has 10 heteroatoms. The number of carbonyl (C=O) groups excluding carboxylic acids is 1.